The Morgan fingerprint density at radius 2 is 1.79 bits per heavy atom. The number of benzene rings is 2. The lowest BCUT2D eigenvalue weighted by Crippen LogP contribution is -2.42. The highest BCUT2D eigenvalue weighted by Crippen LogP contribution is 2.15. The number of carbonyl (C=O) groups is 1. The van der Waals surface area contributed by atoms with Gasteiger partial charge in [0.1, 0.15) is 18.2 Å². The van der Waals surface area contributed by atoms with Crippen LogP contribution in [0.5, 0.6) is 0 Å². The molecule has 0 fully saturated rings. The fourth-order valence-electron chi connectivity index (χ4n) is 3.03. The lowest BCUT2D eigenvalue weighted by atomic mass is 10.1. The second-order valence-corrected chi connectivity index (χ2v) is 7.20. The number of fused-ring (bicyclic) bond motifs is 1. The maximum atomic E-state index is 13.8. The fourth-order valence-corrected chi connectivity index (χ4v) is 3.03. The van der Waals surface area contributed by atoms with Crippen molar-refractivity contribution in [1.82, 2.24) is 9.13 Å². The molecule has 1 amide bonds. The van der Waals surface area contributed by atoms with Crippen LogP contribution in [0, 0.1) is 17.6 Å². The van der Waals surface area contributed by atoms with E-state index in [-0.39, 0.29) is 18.2 Å². The minimum atomic E-state index is -0.793. The number of carbonyl (C=O) groups excluding carboxylic acids is 1. The molecule has 3 aromatic rings. The Hall–Kier alpha value is -3.29. The molecule has 8 heteroatoms. The number of halogens is 2. The van der Waals surface area contributed by atoms with Gasteiger partial charge in [0.25, 0.3) is 5.56 Å². The molecule has 1 aromatic heterocycles. The summed E-state index contributed by atoms with van der Waals surface area (Å²) in [5.41, 5.74) is -1.05. The molecule has 0 aliphatic rings. The van der Waals surface area contributed by atoms with Crippen LogP contribution in [0.1, 0.15) is 20.3 Å². The normalized spacial score (nSPS) is 11.2. The second-order valence-electron chi connectivity index (χ2n) is 7.20. The van der Waals surface area contributed by atoms with Crippen molar-refractivity contribution >= 4 is 22.5 Å². The third-order valence-corrected chi connectivity index (χ3v) is 4.57. The van der Waals surface area contributed by atoms with Crippen molar-refractivity contribution in [3.8, 4) is 0 Å². The predicted molar refractivity (Wildman–Crippen MR) is 107 cm³/mol. The summed E-state index contributed by atoms with van der Waals surface area (Å²) in [6.07, 6.45) is 0.619. The highest BCUT2D eigenvalue weighted by Gasteiger charge is 2.16. The van der Waals surface area contributed by atoms with E-state index in [1.54, 1.807) is 24.3 Å². The Morgan fingerprint density at radius 3 is 2.52 bits per heavy atom. The van der Waals surface area contributed by atoms with Crippen LogP contribution in [0.15, 0.2) is 52.1 Å². The van der Waals surface area contributed by atoms with Gasteiger partial charge in [0.15, 0.2) is 0 Å². The van der Waals surface area contributed by atoms with Gasteiger partial charge in [0.2, 0.25) is 5.91 Å². The smallest absolute Gasteiger partial charge is 0.322 e. The number of hydrogen-bond donors (Lipinski definition) is 1. The third kappa shape index (κ3) is 4.42. The summed E-state index contributed by atoms with van der Waals surface area (Å²) >= 11 is 0. The quantitative estimate of drug-likeness (QED) is 0.690. The van der Waals surface area contributed by atoms with Gasteiger partial charge < -0.3 is 5.32 Å². The Bertz CT molecular complexity index is 1180. The summed E-state index contributed by atoms with van der Waals surface area (Å²) < 4.78 is 29.4. The molecule has 0 aliphatic heterocycles. The highest BCUT2D eigenvalue weighted by atomic mass is 19.1. The van der Waals surface area contributed by atoms with Crippen LogP contribution in [0.2, 0.25) is 0 Å². The summed E-state index contributed by atoms with van der Waals surface area (Å²) in [5, 5.41) is 2.58. The van der Waals surface area contributed by atoms with Gasteiger partial charge >= 0.3 is 5.69 Å². The van der Waals surface area contributed by atoms with Crippen LogP contribution in [-0.4, -0.2) is 15.0 Å². The number of aromatic nitrogens is 2. The van der Waals surface area contributed by atoms with Crippen molar-refractivity contribution in [3.05, 3.63) is 74.9 Å². The molecule has 0 aliphatic carbocycles. The number of nitrogens with one attached hydrogen (secondary N) is 1. The van der Waals surface area contributed by atoms with E-state index in [2.05, 4.69) is 5.32 Å². The molecule has 6 nitrogen and oxygen atoms in total. The van der Waals surface area contributed by atoms with Crippen LogP contribution < -0.4 is 16.6 Å². The van der Waals surface area contributed by atoms with E-state index < -0.39 is 35.3 Å². The van der Waals surface area contributed by atoms with Gasteiger partial charge in [-0.3, -0.25) is 18.7 Å². The number of hydrogen-bond acceptors (Lipinski definition) is 3. The fraction of sp³-hybridized carbons (Fsp3) is 0.286. The minimum Gasteiger partial charge on any atom is -0.322 e. The number of amides is 1. The number of nitrogens with zero attached hydrogens (tertiary/aromatic N) is 2. The zero-order valence-electron chi connectivity index (χ0n) is 16.1. The van der Waals surface area contributed by atoms with Crippen LogP contribution >= 0.6 is 0 Å². The number of rotatable bonds is 6. The molecule has 3 rings (SSSR count). The first-order valence-electron chi connectivity index (χ1n) is 9.25. The molecule has 0 saturated carbocycles. The zero-order valence-corrected chi connectivity index (χ0v) is 16.1. The topological polar surface area (TPSA) is 73.1 Å². The van der Waals surface area contributed by atoms with Crippen molar-refractivity contribution in [2.75, 3.05) is 5.32 Å². The molecule has 0 radical (unpaired) electrons. The first kappa shape index (κ1) is 20.4. The molecule has 0 bridgehead atoms. The predicted octanol–water partition coefficient (Wildman–Crippen LogP) is 3.13. The van der Waals surface area contributed by atoms with Crippen LogP contribution in [0.25, 0.3) is 10.9 Å². The van der Waals surface area contributed by atoms with Gasteiger partial charge in [-0.25, -0.2) is 13.6 Å². The summed E-state index contributed by atoms with van der Waals surface area (Å²) in [6, 6.07) is 9.18. The lowest BCUT2D eigenvalue weighted by molar-refractivity contribution is -0.116. The summed E-state index contributed by atoms with van der Waals surface area (Å²) in [5.74, 6) is -1.93. The number of para-hydroxylation sites is 1. The molecule has 2 aromatic carbocycles. The van der Waals surface area contributed by atoms with E-state index >= 15 is 0 Å². The molecular weight excluding hydrogens is 380 g/mol. The molecular formula is C21H21F2N3O3. The van der Waals surface area contributed by atoms with Gasteiger partial charge in [-0.05, 0) is 36.6 Å². The first-order chi connectivity index (χ1) is 13.8. The van der Waals surface area contributed by atoms with E-state index in [9.17, 15) is 23.2 Å². The minimum absolute atomic E-state index is 0.223. The van der Waals surface area contributed by atoms with E-state index in [1.807, 2.05) is 13.8 Å². The maximum absolute atomic E-state index is 13.8. The van der Waals surface area contributed by atoms with Gasteiger partial charge in [-0.2, -0.15) is 0 Å². The average molecular weight is 401 g/mol. The summed E-state index contributed by atoms with van der Waals surface area (Å²) in [4.78, 5) is 38.1. The average Bonchev–Trinajstić information content (AvgIpc) is 2.67. The zero-order chi connectivity index (χ0) is 21.1. The Balaban J connectivity index is 2.01. The third-order valence-electron chi connectivity index (χ3n) is 4.57. The first-order valence-corrected chi connectivity index (χ1v) is 9.25. The molecule has 152 valence electrons. The summed E-state index contributed by atoms with van der Waals surface area (Å²) in [7, 11) is 0. The number of anilines is 1. The Kier molecular flexibility index (Phi) is 5.91. The van der Waals surface area contributed by atoms with Crippen molar-refractivity contribution in [2.45, 2.75) is 33.4 Å². The van der Waals surface area contributed by atoms with Crippen molar-refractivity contribution in [1.29, 1.82) is 0 Å². The van der Waals surface area contributed by atoms with Crippen LogP contribution in [0.4, 0.5) is 14.5 Å². The Labute approximate surface area is 165 Å². The van der Waals surface area contributed by atoms with E-state index in [0.717, 1.165) is 22.8 Å². The molecule has 0 spiro atoms. The molecule has 1 heterocycles. The van der Waals surface area contributed by atoms with Gasteiger partial charge in [0, 0.05) is 12.6 Å². The van der Waals surface area contributed by atoms with Crippen molar-refractivity contribution in [2.24, 2.45) is 5.92 Å². The van der Waals surface area contributed by atoms with E-state index in [4.69, 9.17) is 0 Å². The molecule has 0 unspecified atom stereocenters. The second kappa shape index (κ2) is 8.38. The molecule has 1 N–H and O–H groups in total. The maximum Gasteiger partial charge on any atom is 0.331 e. The molecule has 0 saturated heterocycles. The van der Waals surface area contributed by atoms with Crippen molar-refractivity contribution in [3.63, 3.8) is 0 Å². The molecule has 29 heavy (non-hydrogen) atoms. The van der Waals surface area contributed by atoms with E-state index in [1.165, 1.54) is 4.57 Å². The van der Waals surface area contributed by atoms with Gasteiger partial charge in [0.05, 0.1) is 16.6 Å². The van der Waals surface area contributed by atoms with Gasteiger partial charge in [-0.15, -0.1) is 0 Å². The van der Waals surface area contributed by atoms with Crippen LogP contribution in [-0.2, 0) is 17.9 Å². The van der Waals surface area contributed by atoms with Gasteiger partial charge in [-0.1, -0.05) is 26.0 Å². The largest absolute Gasteiger partial charge is 0.331 e. The van der Waals surface area contributed by atoms with Crippen LogP contribution in [0.3, 0.4) is 0 Å². The summed E-state index contributed by atoms with van der Waals surface area (Å²) in [6.45, 7) is 3.73. The SMILES string of the molecule is CC(C)CCn1c(=O)c2ccccc2n(CC(=O)Nc2cc(F)ccc2F)c1=O. The molecule has 0 atom stereocenters. The monoisotopic (exact) mass is 401 g/mol. The van der Waals surface area contributed by atoms with Crippen molar-refractivity contribution < 1.29 is 13.6 Å². The Morgan fingerprint density at radius 1 is 1.07 bits per heavy atom. The standard InChI is InChI=1S/C21H21F2N3O3/c1-13(2)9-10-25-20(28)15-5-3-4-6-18(15)26(21(25)29)12-19(27)24-17-11-14(22)7-8-16(17)23/h3-8,11,13H,9-10,12H2,1-2H3,(H,24,27). The highest BCUT2D eigenvalue weighted by molar-refractivity contribution is 5.91. The van der Waals surface area contributed by atoms with E-state index in [0.29, 0.717) is 17.3 Å². The lowest BCUT2D eigenvalue weighted by Gasteiger charge is -2.15.